The van der Waals surface area contributed by atoms with Gasteiger partial charge < -0.3 is 11.1 Å². The monoisotopic (exact) mass is 336 g/mol. The van der Waals surface area contributed by atoms with Crippen molar-refractivity contribution in [3.05, 3.63) is 35.6 Å². The Morgan fingerprint density at radius 3 is 1.96 bits per heavy atom. The van der Waals surface area contributed by atoms with Gasteiger partial charge in [-0.05, 0) is 43.6 Å². The molecule has 0 aliphatic heterocycles. The summed E-state index contributed by atoms with van der Waals surface area (Å²) in [5, 5.41) is 3.47. The molecule has 0 fully saturated rings. The predicted molar refractivity (Wildman–Crippen MR) is 103 cm³/mol. The molecule has 0 bridgehead atoms. The van der Waals surface area contributed by atoms with Crippen molar-refractivity contribution >= 4 is 0 Å². The van der Waals surface area contributed by atoms with Gasteiger partial charge in [-0.15, -0.1) is 0 Å². The summed E-state index contributed by atoms with van der Waals surface area (Å²) in [6.07, 6.45) is 14.6. The number of hydrogen-bond donors (Lipinski definition) is 2. The normalized spacial score (nSPS) is 12.5. The molecular formula is C21H37FN2. The van der Waals surface area contributed by atoms with Crippen LogP contribution in [0.4, 0.5) is 4.39 Å². The summed E-state index contributed by atoms with van der Waals surface area (Å²) in [6.45, 7) is 4.27. The molecular weight excluding hydrogens is 299 g/mol. The molecule has 0 aliphatic carbocycles. The van der Waals surface area contributed by atoms with E-state index in [0.29, 0.717) is 0 Å². The zero-order valence-electron chi connectivity index (χ0n) is 15.5. The fourth-order valence-corrected chi connectivity index (χ4v) is 3.00. The Hall–Kier alpha value is -0.930. The lowest BCUT2D eigenvalue weighted by molar-refractivity contribution is 0.530. The maximum absolute atomic E-state index is 12.9. The van der Waals surface area contributed by atoms with Gasteiger partial charge in [-0.1, -0.05) is 76.8 Å². The van der Waals surface area contributed by atoms with Crippen LogP contribution in [-0.2, 0) is 0 Å². The molecule has 0 saturated heterocycles. The van der Waals surface area contributed by atoms with E-state index in [4.69, 9.17) is 5.73 Å². The van der Waals surface area contributed by atoms with E-state index in [-0.39, 0.29) is 11.9 Å². The summed E-state index contributed by atoms with van der Waals surface area (Å²) in [6, 6.07) is 6.51. The van der Waals surface area contributed by atoms with E-state index in [9.17, 15) is 4.39 Å². The average molecular weight is 337 g/mol. The van der Waals surface area contributed by atoms with Crippen molar-refractivity contribution < 1.29 is 4.39 Å². The molecule has 24 heavy (non-hydrogen) atoms. The van der Waals surface area contributed by atoms with Crippen molar-refractivity contribution in [2.24, 2.45) is 5.73 Å². The Balaban J connectivity index is 1.86. The zero-order valence-corrected chi connectivity index (χ0v) is 15.5. The summed E-state index contributed by atoms with van der Waals surface area (Å²) in [7, 11) is 0. The van der Waals surface area contributed by atoms with Crippen LogP contribution in [0.25, 0.3) is 0 Å². The molecule has 1 rings (SSSR count). The molecule has 0 spiro atoms. The van der Waals surface area contributed by atoms with Crippen LogP contribution in [0.15, 0.2) is 24.3 Å². The van der Waals surface area contributed by atoms with Gasteiger partial charge in [-0.3, -0.25) is 0 Å². The van der Waals surface area contributed by atoms with E-state index in [1.54, 1.807) is 12.1 Å². The number of unbranched alkanes of at least 4 members (excludes halogenated alkanes) is 9. The zero-order chi connectivity index (χ0) is 17.5. The van der Waals surface area contributed by atoms with E-state index in [0.717, 1.165) is 25.1 Å². The van der Waals surface area contributed by atoms with Crippen molar-refractivity contribution in [3.8, 4) is 0 Å². The van der Waals surface area contributed by atoms with E-state index in [2.05, 4.69) is 12.2 Å². The van der Waals surface area contributed by atoms with Crippen LogP contribution in [0.3, 0.4) is 0 Å². The minimum Gasteiger partial charge on any atom is -0.324 e. The molecule has 1 atom stereocenters. The first kappa shape index (κ1) is 21.1. The number of hydrogen-bond acceptors (Lipinski definition) is 2. The largest absolute Gasteiger partial charge is 0.324 e. The van der Waals surface area contributed by atoms with Gasteiger partial charge in [0.1, 0.15) is 5.82 Å². The standard InChI is InChI=1S/C21H37FN2/c1-2-3-4-5-6-7-8-9-10-11-17-24-18-16-21(23)19-12-14-20(22)15-13-19/h12-15,21,24H,2-11,16-18,23H2,1H3. The first-order valence-corrected chi connectivity index (χ1v) is 9.95. The van der Waals surface area contributed by atoms with Gasteiger partial charge >= 0.3 is 0 Å². The lowest BCUT2D eigenvalue weighted by Gasteiger charge is -2.12. The van der Waals surface area contributed by atoms with Crippen molar-refractivity contribution in [3.63, 3.8) is 0 Å². The maximum Gasteiger partial charge on any atom is 0.123 e. The number of benzene rings is 1. The van der Waals surface area contributed by atoms with E-state index in [1.165, 1.54) is 76.3 Å². The highest BCUT2D eigenvalue weighted by atomic mass is 19.1. The Morgan fingerprint density at radius 2 is 1.38 bits per heavy atom. The molecule has 3 heteroatoms. The molecule has 0 amide bonds. The molecule has 1 unspecified atom stereocenters. The van der Waals surface area contributed by atoms with E-state index >= 15 is 0 Å². The number of halogens is 1. The number of nitrogens with one attached hydrogen (secondary N) is 1. The maximum atomic E-state index is 12.9. The average Bonchev–Trinajstić information content (AvgIpc) is 2.59. The second-order valence-electron chi connectivity index (χ2n) is 6.88. The van der Waals surface area contributed by atoms with Crippen LogP contribution in [-0.4, -0.2) is 13.1 Å². The first-order chi connectivity index (χ1) is 11.7. The highest BCUT2D eigenvalue weighted by molar-refractivity contribution is 5.19. The third-order valence-corrected chi connectivity index (χ3v) is 4.64. The van der Waals surface area contributed by atoms with Gasteiger partial charge in [0.25, 0.3) is 0 Å². The van der Waals surface area contributed by atoms with Crippen LogP contribution < -0.4 is 11.1 Å². The van der Waals surface area contributed by atoms with Gasteiger partial charge in [0, 0.05) is 6.04 Å². The molecule has 0 aliphatic rings. The summed E-state index contributed by atoms with van der Waals surface area (Å²) in [4.78, 5) is 0. The molecule has 0 radical (unpaired) electrons. The fraction of sp³-hybridized carbons (Fsp3) is 0.714. The van der Waals surface area contributed by atoms with Crippen LogP contribution in [0, 0.1) is 5.82 Å². The van der Waals surface area contributed by atoms with Gasteiger partial charge in [0.05, 0.1) is 0 Å². The highest BCUT2D eigenvalue weighted by Gasteiger charge is 2.05. The quantitative estimate of drug-likeness (QED) is 0.402. The van der Waals surface area contributed by atoms with Crippen molar-refractivity contribution in [1.82, 2.24) is 5.32 Å². The van der Waals surface area contributed by atoms with Crippen molar-refractivity contribution in [2.75, 3.05) is 13.1 Å². The molecule has 3 N–H and O–H groups in total. The molecule has 0 aromatic heterocycles. The summed E-state index contributed by atoms with van der Waals surface area (Å²) in [5.41, 5.74) is 7.13. The molecule has 1 aromatic carbocycles. The van der Waals surface area contributed by atoms with Crippen LogP contribution in [0.5, 0.6) is 0 Å². The second kappa shape index (κ2) is 14.4. The smallest absolute Gasteiger partial charge is 0.123 e. The van der Waals surface area contributed by atoms with Crippen LogP contribution >= 0.6 is 0 Å². The molecule has 2 nitrogen and oxygen atoms in total. The minimum atomic E-state index is -0.204. The summed E-state index contributed by atoms with van der Waals surface area (Å²) in [5.74, 6) is -0.204. The summed E-state index contributed by atoms with van der Waals surface area (Å²) >= 11 is 0. The van der Waals surface area contributed by atoms with E-state index in [1.807, 2.05) is 0 Å². The highest BCUT2D eigenvalue weighted by Crippen LogP contribution is 2.14. The second-order valence-corrected chi connectivity index (χ2v) is 6.88. The SMILES string of the molecule is CCCCCCCCCCCCNCCC(N)c1ccc(F)cc1. The molecule has 0 heterocycles. The van der Waals surface area contributed by atoms with Crippen LogP contribution in [0.1, 0.15) is 89.2 Å². The Kier molecular flexibility index (Phi) is 12.7. The van der Waals surface area contributed by atoms with Crippen LogP contribution in [0.2, 0.25) is 0 Å². The Morgan fingerprint density at radius 1 is 0.833 bits per heavy atom. The van der Waals surface area contributed by atoms with Crippen molar-refractivity contribution in [2.45, 2.75) is 83.6 Å². The Bertz CT molecular complexity index is 391. The van der Waals surface area contributed by atoms with Gasteiger partial charge in [-0.2, -0.15) is 0 Å². The number of nitrogens with two attached hydrogens (primary N) is 1. The van der Waals surface area contributed by atoms with Gasteiger partial charge in [0.2, 0.25) is 0 Å². The first-order valence-electron chi connectivity index (χ1n) is 9.95. The van der Waals surface area contributed by atoms with E-state index < -0.39 is 0 Å². The predicted octanol–water partition coefficient (Wildman–Crippen LogP) is 5.73. The van der Waals surface area contributed by atoms with Gasteiger partial charge in [-0.25, -0.2) is 4.39 Å². The lowest BCUT2D eigenvalue weighted by Crippen LogP contribution is -2.22. The Labute approximate surface area is 148 Å². The molecule has 0 saturated carbocycles. The molecule has 138 valence electrons. The third-order valence-electron chi connectivity index (χ3n) is 4.64. The lowest BCUT2D eigenvalue weighted by atomic mass is 10.0. The summed E-state index contributed by atoms with van der Waals surface area (Å²) < 4.78 is 12.9. The fourth-order valence-electron chi connectivity index (χ4n) is 3.00. The topological polar surface area (TPSA) is 38.0 Å². The minimum absolute atomic E-state index is 0.00851. The van der Waals surface area contributed by atoms with Crippen molar-refractivity contribution in [1.29, 1.82) is 0 Å². The third kappa shape index (κ3) is 10.8. The molecule has 1 aromatic rings. The number of rotatable bonds is 15. The van der Waals surface area contributed by atoms with Gasteiger partial charge in [0.15, 0.2) is 0 Å².